The summed E-state index contributed by atoms with van der Waals surface area (Å²) in [4.78, 5) is 15.1. The Balaban J connectivity index is 1.44. The monoisotopic (exact) mass is 494 g/mol. The van der Waals surface area contributed by atoms with Crippen LogP contribution in [0.1, 0.15) is 16.7 Å². The summed E-state index contributed by atoms with van der Waals surface area (Å²) in [6.07, 6.45) is 0. The maximum Gasteiger partial charge on any atom is 0.261 e. The Morgan fingerprint density at radius 3 is 2.03 bits per heavy atom. The largest absolute Gasteiger partial charge is 0.483 e. The molecule has 184 valence electrons. The zero-order chi connectivity index (χ0) is 24.7. The van der Waals surface area contributed by atoms with Crippen LogP contribution in [0.5, 0.6) is 5.75 Å². The van der Waals surface area contributed by atoms with Crippen molar-refractivity contribution in [2.45, 2.75) is 24.9 Å². The number of sulfonamides is 1. The Morgan fingerprint density at radius 1 is 0.914 bits per heavy atom. The summed E-state index contributed by atoms with van der Waals surface area (Å²) in [6, 6.07) is 24.4. The topological polar surface area (TPSA) is 76.1 Å². The van der Waals surface area contributed by atoms with Crippen molar-refractivity contribution in [2.24, 2.45) is 0 Å². The maximum atomic E-state index is 13.2. The molecule has 1 fully saturated rings. The van der Waals surface area contributed by atoms with Crippen molar-refractivity contribution < 1.29 is 22.7 Å². The molecule has 0 N–H and O–H groups in total. The molecule has 4 rings (SSSR count). The molecule has 1 amide bonds. The molecule has 8 heteroatoms. The average molecular weight is 495 g/mol. The summed E-state index contributed by atoms with van der Waals surface area (Å²) in [7, 11) is -3.59. The molecule has 0 bridgehead atoms. The Labute approximate surface area is 206 Å². The van der Waals surface area contributed by atoms with Crippen LogP contribution in [0, 0.1) is 6.92 Å². The van der Waals surface area contributed by atoms with Gasteiger partial charge < -0.3 is 14.4 Å². The fourth-order valence-electron chi connectivity index (χ4n) is 3.95. The van der Waals surface area contributed by atoms with E-state index < -0.39 is 10.0 Å². The number of ether oxygens (including phenoxy) is 2. The number of rotatable bonds is 9. The van der Waals surface area contributed by atoms with Crippen LogP contribution in [0.15, 0.2) is 83.8 Å². The van der Waals surface area contributed by atoms with Gasteiger partial charge in [0.15, 0.2) is 6.61 Å². The van der Waals surface area contributed by atoms with E-state index in [-0.39, 0.29) is 17.4 Å². The number of amides is 1. The van der Waals surface area contributed by atoms with Crippen LogP contribution in [-0.4, -0.2) is 56.4 Å². The van der Waals surface area contributed by atoms with Crippen molar-refractivity contribution in [3.8, 4) is 5.75 Å². The molecule has 0 unspecified atom stereocenters. The lowest BCUT2D eigenvalue weighted by Crippen LogP contribution is -2.40. The van der Waals surface area contributed by atoms with Gasteiger partial charge in [0.1, 0.15) is 5.75 Å². The number of carbonyl (C=O) groups is 1. The molecule has 0 aliphatic carbocycles. The lowest BCUT2D eigenvalue weighted by molar-refractivity contribution is -0.134. The van der Waals surface area contributed by atoms with E-state index in [2.05, 4.69) is 0 Å². The van der Waals surface area contributed by atoms with Crippen molar-refractivity contribution in [2.75, 3.05) is 32.9 Å². The molecule has 1 aliphatic rings. The highest BCUT2D eigenvalue weighted by Gasteiger charge is 2.27. The third-order valence-electron chi connectivity index (χ3n) is 5.89. The quantitative estimate of drug-likeness (QED) is 0.454. The van der Waals surface area contributed by atoms with Gasteiger partial charge in [-0.05, 0) is 41.8 Å². The fourth-order valence-corrected chi connectivity index (χ4v) is 5.44. The minimum atomic E-state index is -3.59. The number of nitrogens with zero attached hydrogens (tertiary/aromatic N) is 2. The molecule has 35 heavy (non-hydrogen) atoms. The van der Waals surface area contributed by atoms with Crippen LogP contribution in [0.25, 0.3) is 0 Å². The molecule has 0 saturated carbocycles. The van der Waals surface area contributed by atoms with Crippen LogP contribution in [0.3, 0.4) is 0 Å². The highest BCUT2D eigenvalue weighted by Crippen LogP contribution is 2.25. The van der Waals surface area contributed by atoms with E-state index in [9.17, 15) is 13.2 Å². The lowest BCUT2D eigenvalue weighted by Gasteiger charge is -2.26. The number of hydrogen-bond donors (Lipinski definition) is 0. The van der Waals surface area contributed by atoms with E-state index in [0.29, 0.717) is 50.7 Å². The molecule has 7 nitrogen and oxygen atoms in total. The fraction of sp³-hybridized carbons (Fsp3) is 0.296. The van der Waals surface area contributed by atoms with Crippen molar-refractivity contribution >= 4 is 15.9 Å². The summed E-state index contributed by atoms with van der Waals surface area (Å²) >= 11 is 0. The molecule has 1 heterocycles. The zero-order valence-corrected chi connectivity index (χ0v) is 20.6. The summed E-state index contributed by atoms with van der Waals surface area (Å²) in [5, 5.41) is 0. The Hall–Kier alpha value is -3.20. The van der Waals surface area contributed by atoms with Crippen molar-refractivity contribution in [1.82, 2.24) is 9.21 Å². The first kappa shape index (κ1) is 24.9. The SMILES string of the molecule is Cc1cc(S(=O)(=O)N2CCOCC2)ccc1OCC(=O)N(Cc1ccccc1)Cc1ccccc1. The summed E-state index contributed by atoms with van der Waals surface area (Å²) in [5.74, 6) is 0.334. The van der Waals surface area contributed by atoms with Crippen LogP contribution in [0.4, 0.5) is 0 Å². The zero-order valence-electron chi connectivity index (χ0n) is 19.8. The smallest absolute Gasteiger partial charge is 0.261 e. The molecule has 0 aromatic heterocycles. The van der Waals surface area contributed by atoms with Crippen LogP contribution < -0.4 is 4.74 Å². The van der Waals surface area contributed by atoms with E-state index in [1.807, 2.05) is 60.7 Å². The van der Waals surface area contributed by atoms with Gasteiger partial charge in [0, 0.05) is 26.2 Å². The number of morpholine rings is 1. The Kier molecular flexibility index (Phi) is 8.17. The first-order chi connectivity index (χ1) is 16.9. The predicted molar refractivity (Wildman–Crippen MR) is 133 cm³/mol. The van der Waals surface area contributed by atoms with Gasteiger partial charge in [0.05, 0.1) is 18.1 Å². The van der Waals surface area contributed by atoms with Crippen LogP contribution in [-0.2, 0) is 32.6 Å². The number of carbonyl (C=O) groups excluding carboxylic acids is 1. The van der Waals surface area contributed by atoms with Crippen LogP contribution >= 0.6 is 0 Å². The van der Waals surface area contributed by atoms with Crippen LogP contribution in [0.2, 0.25) is 0 Å². The molecular weight excluding hydrogens is 464 g/mol. The summed E-state index contributed by atoms with van der Waals surface area (Å²) in [5.41, 5.74) is 2.72. The third-order valence-corrected chi connectivity index (χ3v) is 7.79. The van der Waals surface area contributed by atoms with E-state index in [4.69, 9.17) is 9.47 Å². The van der Waals surface area contributed by atoms with Gasteiger partial charge >= 0.3 is 0 Å². The summed E-state index contributed by atoms with van der Waals surface area (Å²) < 4.78 is 38.4. The van der Waals surface area contributed by atoms with Crippen molar-refractivity contribution in [3.05, 3.63) is 95.6 Å². The number of aryl methyl sites for hydroxylation is 1. The molecule has 0 spiro atoms. The lowest BCUT2D eigenvalue weighted by atomic mass is 10.1. The van der Waals surface area contributed by atoms with E-state index in [1.54, 1.807) is 24.0 Å². The normalized spacial score (nSPS) is 14.4. The molecule has 0 atom stereocenters. The van der Waals surface area contributed by atoms with Gasteiger partial charge in [-0.2, -0.15) is 4.31 Å². The first-order valence-electron chi connectivity index (χ1n) is 11.6. The van der Waals surface area contributed by atoms with Crippen molar-refractivity contribution in [3.63, 3.8) is 0 Å². The standard InChI is InChI=1S/C27H30N2O5S/c1-22-18-25(35(31,32)29-14-16-33-17-15-29)12-13-26(22)34-21-27(30)28(19-23-8-4-2-5-9-23)20-24-10-6-3-7-11-24/h2-13,18H,14-17,19-21H2,1H3. The first-order valence-corrected chi connectivity index (χ1v) is 13.0. The Morgan fingerprint density at radius 2 is 1.49 bits per heavy atom. The second-order valence-corrected chi connectivity index (χ2v) is 10.4. The van der Waals surface area contributed by atoms with Gasteiger partial charge in [0.2, 0.25) is 10.0 Å². The van der Waals surface area contributed by atoms with E-state index >= 15 is 0 Å². The van der Waals surface area contributed by atoms with E-state index in [1.165, 1.54) is 10.4 Å². The number of benzene rings is 3. The maximum absolute atomic E-state index is 13.2. The molecular formula is C27H30N2O5S. The molecule has 1 aliphatic heterocycles. The van der Waals surface area contributed by atoms with Gasteiger partial charge in [-0.15, -0.1) is 0 Å². The molecule has 1 saturated heterocycles. The highest BCUT2D eigenvalue weighted by molar-refractivity contribution is 7.89. The van der Waals surface area contributed by atoms with Gasteiger partial charge in [-0.25, -0.2) is 8.42 Å². The second-order valence-electron chi connectivity index (χ2n) is 8.45. The minimum Gasteiger partial charge on any atom is -0.483 e. The Bertz CT molecular complexity index is 1190. The molecule has 0 radical (unpaired) electrons. The highest BCUT2D eigenvalue weighted by atomic mass is 32.2. The molecule has 3 aromatic carbocycles. The second kappa shape index (κ2) is 11.5. The summed E-state index contributed by atoms with van der Waals surface area (Å²) in [6.45, 7) is 4.04. The van der Waals surface area contributed by atoms with Gasteiger partial charge in [-0.3, -0.25) is 4.79 Å². The average Bonchev–Trinajstić information content (AvgIpc) is 2.89. The third kappa shape index (κ3) is 6.48. The number of hydrogen-bond acceptors (Lipinski definition) is 5. The van der Waals surface area contributed by atoms with Gasteiger partial charge in [0.25, 0.3) is 5.91 Å². The van der Waals surface area contributed by atoms with Crippen molar-refractivity contribution in [1.29, 1.82) is 0 Å². The van der Waals surface area contributed by atoms with Gasteiger partial charge in [-0.1, -0.05) is 60.7 Å². The predicted octanol–water partition coefficient (Wildman–Crippen LogP) is 3.62. The van der Waals surface area contributed by atoms with E-state index in [0.717, 1.165) is 11.1 Å². The molecule has 3 aromatic rings. The minimum absolute atomic E-state index is 0.143.